The SMILES string of the molecule is C#CCOc1ccc(-c2nc3cnncc3[nH]2)cc1. The zero-order valence-electron chi connectivity index (χ0n) is 10.00. The van der Waals surface area contributed by atoms with Crippen LogP contribution in [0.25, 0.3) is 22.4 Å². The highest BCUT2D eigenvalue weighted by molar-refractivity contribution is 5.77. The molecule has 0 bridgehead atoms. The van der Waals surface area contributed by atoms with E-state index >= 15 is 0 Å². The maximum Gasteiger partial charge on any atom is 0.148 e. The molecule has 0 aliphatic carbocycles. The third-order valence-electron chi connectivity index (χ3n) is 2.64. The van der Waals surface area contributed by atoms with Crippen molar-refractivity contribution in [3.8, 4) is 29.5 Å². The molecular formula is C14H10N4O. The molecule has 5 nitrogen and oxygen atoms in total. The Morgan fingerprint density at radius 3 is 2.68 bits per heavy atom. The number of H-pyrrole nitrogens is 1. The number of rotatable bonds is 3. The van der Waals surface area contributed by atoms with E-state index in [1.807, 2.05) is 24.3 Å². The highest BCUT2D eigenvalue weighted by Crippen LogP contribution is 2.22. The van der Waals surface area contributed by atoms with Crippen LogP contribution in [0.3, 0.4) is 0 Å². The molecule has 2 heterocycles. The second-order valence-corrected chi connectivity index (χ2v) is 3.89. The van der Waals surface area contributed by atoms with E-state index in [0.717, 1.165) is 28.2 Å². The van der Waals surface area contributed by atoms with Crippen molar-refractivity contribution in [2.45, 2.75) is 0 Å². The van der Waals surface area contributed by atoms with Gasteiger partial charge in [0.15, 0.2) is 0 Å². The van der Waals surface area contributed by atoms with Gasteiger partial charge in [-0.3, -0.25) is 0 Å². The van der Waals surface area contributed by atoms with Crippen LogP contribution in [0, 0.1) is 12.3 Å². The van der Waals surface area contributed by atoms with Crippen molar-refractivity contribution in [3.05, 3.63) is 36.7 Å². The summed E-state index contributed by atoms with van der Waals surface area (Å²) in [6.07, 6.45) is 8.41. The van der Waals surface area contributed by atoms with Gasteiger partial charge in [-0.15, -0.1) is 6.42 Å². The molecule has 19 heavy (non-hydrogen) atoms. The van der Waals surface area contributed by atoms with E-state index in [4.69, 9.17) is 11.2 Å². The highest BCUT2D eigenvalue weighted by Gasteiger charge is 2.05. The van der Waals surface area contributed by atoms with Crippen molar-refractivity contribution in [1.82, 2.24) is 20.2 Å². The van der Waals surface area contributed by atoms with Gasteiger partial charge in [-0.1, -0.05) is 5.92 Å². The van der Waals surface area contributed by atoms with E-state index in [2.05, 4.69) is 26.1 Å². The largest absolute Gasteiger partial charge is 0.481 e. The normalized spacial score (nSPS) is 10.3. The minimum absolute atomic E-state index is 0.265. The Morgan fingerprint density at radius 2 is 1.95 bits per heavy atom. The molecule has 0 unspecified atom stereocenters. The van der Waals surface area contributed by atoms with Crippen LogP contribution >= 0.6 is 0 Å². The molecule has 0 amide bonds. The first kappa shape index (κ1) is 11.2. The molecule has 0 fully saturated rings. The quantitative estimate of drug-likeness (QED) is 0.722. The van der Waals surface area contributed by atoms with E-state index in [1.165, 1.54) is 0 Å². The summed E-state index contributed by atoms with van der Waals surface area (Å²) in [5, 5.41) is 7.60. The Morgan fingerprint density at radius 1 is 1.16 bits per heavy atom. The summed E-state index contributed by atoms with van der Waals surface area (Å²) in [7, 11) is 0. The van der Waals surface area contributed by atoms with Gasteiger partial charge >= 0.3 is 0 Å². The molecule has 0 aliphatic heterocycles. The molecule has 0 aliphatic rings. The minimum atomic E-state index is 0.265. The fourth-order valence-electron chi connectivity index (χ4n) is 1.75. The molecule has 0 saturated heterocycles. The molecule has 1 aromatic carbocycles. The predicted molar refractivity (Wildman–Crippen MR) is 71.4 cm³/mol. The van der Waals surface area contributed by atoms with E-state index in [-0.39, 0.29) is 6.61 Å². The van der Waals surface area contributed by atoms with Crippen LogP contribution in [-0.2, 0) is 0 Å². The Kier molecular flexibility index (Phi) is 2.83. The highest BCUT2D eigenvalue weighted by atomic mass is 16.5. The number of nitrogens with one attached hydrogen (secondary N) is 1. The Bertz CT molecular complexity index is 707. The second-order valence-electron chi connectivity index (χ2n) is 3.89. The molecule has 5 heteroatoms. The van der Waals surface area contributed by atoms with E-state index in [0.29, 0.717) is 0 Å². The van der Waals surface area contributed by atoms with Gasteiger partial charge in [-0.05, 0) is 24.3 Å². The maximum atomic E-state index is 5.32. The predicted octanol–water partition coefficient (Wildman–Crippen LogP) is 2.03. The van der Waals surface area contributed by atoms with E-state index in [1.54, 1.807) is 12.4 Å². The number of benzene rings is 1. The lowest BCUT2D eigenvalue weighted by Crippen LogP contribution is -1.92. The Balaban J connectivity index is 1.91. The van der Waals surface area contributed by atoms with Gasteiger partial charge in [-0.25, -0.2) is 4.98 Å². The van der Waals surface area contributed by atoms with Crippen LogP contribution in [0.4, 0.5) is 0 Å². The first-order valence-electron chi connectivity index (χ1n) is 5.70. The topological polar surface area (TPSA) is 63.7 Å². The summed E-state index contributed by atoms with van der Waals surface area (Å²) in [5.41, 5.74) is 2.61. The van der Waals surface area contributed by atoms with Crippen LogP contribution in [0.1, 0.15) is 0 Å². The molecule has 1 N–H and O–H groups in total. The maximum absolute atomic E-state index is 5.32. The Labute approximate surface area is 109 Å². The summed E-state index contributed by atoms with van der Waals surface area (Å²) in [4.78, 5) is 7.63. The summed E-state index contributed by atoms with van der Waals surface area (Å²) >= 11 is 0. The molecule has 0 spiro atoms. The number of terminal acetylenes is 1. The average Bonchev–Trinajstić information content (AvgIpc) is 2.89. The summed E-state index contributed by atoms with van der Waals surface area (Å²) in [6, 6.07) is 7.56. The minimum Gasteiger partial charge on any atom is -0.481 e. The van der Waals surface area contributed by atoms with E-state index < -0.39 is 0 Å². The number of fused-ring (bicyclic) bond motifs is 1. The van der Waals surface area contributed by atoms with Gasteiger partial charge in [0.1, 0.15) is 23.7 Å². The number of nitrogens with zero attached hydrogens (tertiary/aromatic N) is 3. The number of hydrogen-bond acceptors (Lipinski definition) is 4. The van der Waals surface area contributed by atoms with Crippen LogP contribution < -0.4 is 4.74 Å². The zero-order chi connectivity index (χ0) is 13.1. The van der Waals surface area contributed by atoms with Crippen molar-refractivity contribution in [2.75, 3.05) is 6.61 Å². The third-order valence-corrected chi connectivity index (χ3v) is 2.64. The second kappa shape index (κ2) is 4.78. The molecule has 3 rings (SSSR count). The number of hydrogen-bond donors (Lipinski definition) is 1. The first-order valence-corrected chi connectivity index (χ1v) is 5.70. The summed E-state index contributed by atoms with van der Waals surface area (Å²) in [6.45, 7) is 0.265. The fourth-order valence-corrected chi connectivity index (χ4v) is 1.75. The zero-order valence-corrected chi connectivity index (χ0v) is 10.00. The monoisotopic (exact) mass is 250 g/mol. The van der Waals surface area contributed by atoms with Crippen molar-refractivity contribution in [1.29, 1.82) is 0 Å². The van der Waals surface area contributed by atoms with Gasteiger partial charge < -0.3 is 9.72 Å². The smallest absolute Gasteiger partial charge is 0.148 e. The van der Waals surface area contributed by atoms with Crippen molar-refractivity contribution in [2.24, 2.45) is 0 Å². The molecular weight excluding hydrogens is 240 g/mol. The lowest BCUT2D eigenvalue weighted by Gasteiger charge is -2.02. The van der Waals surface area contributed by atoms with Crippen LogP contribution in [0.5, 0.6) is 5.75 Å². The van der Waals surface area contributed by atoms with Gasteiger partial charge in [-0.2, -0.15) is 10.2 Å². The molecule has 92 valence electrons. The van der Waals surface area contributed by atoms with Crippen molar-refractivity contribution < 1.29 is 4.74 Å². The number of imidazole rings is 1. The van der Waals surface area contributed by atoms with Crippen LogP contribution in [-0.4, -0.2) is 26.8 Å². The molecule has 0 radical (unpaired) electrons. The summed E-state index contributed by atoms with van der Waals surface area (Å²) in [5.74, 6) is 3.93. The lowest BCUT2D eigenvalue weighted by molar-refractivity contribution is 0.370. The van der Waals surface area contributed by atoms with Crippen LogP contribution in [0.2, 0.25) is 0 Å². The lowest BCUT2D eigenvalue weighted by atomic mass is 10.2. The number of aromatic nitrogens is 4. The molecule has 3 aromatic rings. The third kappa shape index (κ3) is 2.24. The van der Waals surface area contributed by atoms with Gasteiger partial charge in [0, 0.05) is 5.56 Å². The Hall–Kier alpha value is -2.87. The molecule has 0 saturated carbocycles. The van der Waals surface area contributed by atoms with Gasteiger partial charge in [0.25, 0.3) is 0 Å². The summed E-state index contributed by atoms with van der Waals surface area (Å²) < 4.78 is 5.32. The number of ether oxygens (including phenoxy) is 1. The molecule has 0 atom stereocenters. The fraction of sp³-hybridized carbons (Fsp3) is 0.0714. The van der Waals surface area contributed by atoms with Crippen molar-refractivity contribution in [3.63, 3.8) is 0 Å². The first-order chi connectivity index (χ1) is 9.36. The van der Waals surface area contributed by atoms with Gasteiger partial charge in [0.05, 0.1) is 17.9 Å². The van der Waals surface area contributed by atoms with Crippen LogP contribution in [0.15, 0.2) is 36.7 Å². The van der Waals surface area contributed by atoms with Gasteiger partial charge in [0.2, 0.25) is 0 Å². The van der Waals surface area contributed by atoms with Crippen molar-refractivity contribution >= 4 is 11.0 Å². The van der Waals surface area contributed by atoms with E-state index in [9.17, 15) is 0 Å². The number of aromatic amines is 1. The average molecular weight is 250 g/mol. The standard InChI is InChI=1S/C14H10N4O/c1-2-7-19-11-5-3-10(4-6-11)14-17-12-8-15-16-9-13(12)18-14/h1,3-6,8-9H,7H2,(H,17,18). The molecule has 2 aromatic heterocycles.